The molecule has 0 radical (unpaired) electrons. The minimum Gasteiger partial charge on any atom is -0.352 e. The first kappa shape index (κ1) is 15.6. The van der Waals surface area contributed by atoms with Crippen molar-refractivity contribution in [1.82, 2.24) is 10.6 Å². The molecule has 1 unspecified atom stereocenters. The lowest BCUT2D eigenvalue weighted by molar-refractivity contribution is -0.124. The van der Waals surface area contributed by atoms with Crippen LogP contribution < -0.4 is 10.6 Å². The zero-order valence-corrected chi connectivity index (χ0v) is 11.2. The largest absolute Gasteiger partial charge is 0.352 e. The number of rotatable bonds is 2. The van der Waals surface area contributed by atoms with E-state index in [2.05, 4.69) is 10.6 Å². The van der Waals surface area contributed by atoms with Crippen molar-refractivity contribution in [3.05, 3.63) is 0 Å². The van der Waals surface area contributed by atoms with Gasteiger partial charge in [-0.2, -0.15) is 0 Å². The van der Waals surface area contributed by atoms with Gasteiger partial charge < -0.3 is 5.32 Å². The second-order valence-electron chi connectivity index (χ2n) is 5.19. The van der Waals surface area contributed by atoms with E-state index in [9.17, 15) is 13.6 Å². The summed E-state index contributed by atoms with van der Waals surface area (Å²) in [5.74, 6) is -2.99. The summed E-state index contributed by atoms with van der Waals surface area (Å²) in [7, 11) is 0. The number of amides is 1. The summed E-state index contributed by atoms with van der Waals surface area (Å²) in [6, 6.07) is -0.533. The Morgan fingerprint density at radius 2 is 1.78 bits per heavy atom. The second kappa shape index (κ2) is 6.66. The maximum atomic E-state index is 13.0. The Kier molecular flexibility index (Phi) is 5.79. The lowest BCUT2D eigenvalue weighted by atomic mass is 10.1. The van der Waals surface area contributed by atoms with Gasteiger partial charge in [0.15, 0.2) is 0 Å². The molecule has 0 aromatic carbocycles. The highest BCUT2D eigenvalue weighted by molar-refractivity contribution is 5.85. The van der Waals surface area contributed by atoms with E-state index in [4.69, 9.17) is 0 Å². The van der Waals surface area contributed by atoms with Crippen LogP contribution in [0.15, 0.2) is 0 Å². The minimum atomic E-state index is -2.73. The van der Waals surface area contributed by atoms with Crippen molar-refractivity contribution in [2.45, 2.75) is 63.0 Å². The first-order valence-corrected chi connectivity index (χ1v) is 6.48. The molecule has 1 aliphatic heterocycles. The standard InChI is InChI=1S/C12H20F2N2O.ClH/c13-12(14)7-10(15-8-12)11(17)16-9-5-3-1-2-4-6-9;/h9-10,15H,1-8H2,(H,16,17);1H. The Labute approximate surface area is 112 Å². The minimum absolute atomic E-state index is 0. The van der Waals surface area contributed by atoms with E-state index in [1.807, 2.05) is 0 Å². The first-order chi connectivity index (χ1) is 8.07. The highest BCUT2D eigenvalue weighted by Gasteiger charge is 2.42. The van der Waals surface area contributed by atoms with Crippen LogP contribution in [0.5, 0.6) is 0 Å². The number of nitrogens with one attached hydrogen (secondary N) is 2. The molecule has 1 atom stereocenters. The van der Waals surface area contributed by atoms with Gasteiger partial charge in [0, 0.05) is 12.5 Å². The molecule has 1 amide bonds. The normalized spacial score (nSPS) is 28.2. The molecule has 0 aromatic rings. The fourth-order valence-electron chi connectivity index (χ4n) is 2.63. The van der Waals surface area contributed by atoms with Crippen molar-refractivity contribution >= 4 is 18.3 Å². The molecular formula is C12H21ClF2N2O. The number of carbonyl (C=O) groups is 1. The predicted molar refractivity (Wildman–Crippen MR) is 68.2 cm³/mol. The van der Waals surface area contributed by atoms with E-state index >= 15 is 0 Å². The predicted octanol–water partition coefficient (Wildman–Crippen LogP) is 2.24. The molecule has 0 spiro atoms. The zero-order valence-electron chi connectivity index (χ0n) is 10.4. The molecule has 1 saturated carbocycles. The van der Waals surface area contributed by atoms with Gasteiger partial charge in [0.25, 0.3) is 5.92 Å². The van der Waals surface area contributed by atoms with Crippen molar-refractivity contribution in [1.29, 1.82) is 0 Å². The van der Waals surface area contributed by atoms with Crippen LogP contribution in [0.25, 0.3) is 0 Å². The van der Waals surface area contributed by atoms with Crippen LogP contribution in [0, 0.1) is 0 Å². The summed E-state index contributed by atoms with van der Waals surface area (Å²) in [6.45, 7) is -0.379. The average Bonchev–Trinajstić information content (AvgIpc) is 2.50. The monoisotopic (exact) mass is 282 g/mol. The molecule has 1 saturated heterocycles. The van der Waals surface area contributed by atoms with Gasteiger partial charge in [0.05, 0.1) is 12.6 Å². The van der Waals surface area contributed by atoms with E-state index < -0.39 is 12.0 Å². The third-order valence-electron chi connectivity index (χ3n) is 3.63. The van der Waals surface area contributed by atoms with Crippen molar-refractivity contribution < 1.29 is 13.6 Å². The van der Waals surface area contributed by atoms with Crippen LogP contribution in [0.4, 0.5) is 8.78 Å². The van der Waals surface area contributed by atoms with E-state index in [-0.39, 0.29) is 37.3 Å². The maximum Gasteiger partial charge on any atom is 0.262 e. The van der Waals surface area contributed by atoms with E-state index in [0.29, 0.717) is 0 Å². The zero-order chi connectivity index (χ0) is 12.3. The van der Waals surface area contributed by atoms with E-state index in [0.717, 1.165) is 25.7 Å². The van der Waals surface area contributed by atoms with Gasteiger partial charge in [-0.3, -0.25) is 10.1 Å². The molecule has 2 N–H and O–H groups in total. The van der Waals surface area contributed by atoms with Crippen LogP contribution in [0.1, 0.15) is 44.9 Å². The van der Waals surface area contributed by atoms with Crippen LogP contribution in [-0.4, -0.2) is 30.5 Å². The Hall–Kier alpha value is -0.420. The Balaban J connectivity index is 0.00000162. The first-order valence-electron chi connectivity index (χ1n) is 6.48. The molecule has 2 fully saturated rings. The average molecular weight is 283 g/mol. The van der Waals surface area contributed by atoms with Crippen LogP contribution >= 0.6 is 12.4 Å². The van der Waals surface area contributed by atoms with Crippen LogP contribution in [-0.2, 0) is 4.79 Å². The van der Waals surface area contributed by atoms with Crippen LogP contribution in [0.2, 0.25) is 0 Å². The maximum absolute atomic E-state index is 13.0. The number of halogens is 3. The van der Waals surface area contributed by atoms with Gasteiger partial charge in [-0.15, -0.1) is 12.4 Å². The molecule has 2 aliphatic rings. The summed E-state index contributed by atoms with van der Waals surface area (Å²) in [4.78, 5) is 11.8. The van der Waals surface area contributed by atoms with Gasteiger partial charge >= 0.3 is 0 Å². The van der Waals surface area contributed by atoms with Gasteiger partial charge in [0.2, 0.25) is 5.91 Å². The molecule has 1 aliphatic carbocycles. The third kappa shape index (κ3) is 4.35. The van der Waals surface area contributed by atoms with Crippen LogP contribution in [0.3, 0.4) is 0 Å². The van der Waals surface area contributed by atoms with Crippen molar-refractivity contribution in [3.63, 3.8) is 0 Å². The third-order valence-corrected chi connectivity index (χ3v) is 3.63. The number of hydrogen-bond donors (Lipinski definition) is 2. The van der Waals surface area contributed by atoms with Crippen molar-refractivity contribution in [2.75, 3.05) is 6.54 Å². The smallest absolute Gasteiger partial charge is 0.262 e. The van der Waals surface area contributed by atoms with Gasteiger partial charge in [-0.1, -0.05) is 25.7 Å². The number of carbonyl (C=O) groups excluding carboxylic acids is 1. The van der Waals surface area contributed by atoms with Gasteiger partial charge in [-0.25, -0.2) is 8.78 Å². The fraction of sp³-hybridized carbons (Fsp3) is 0.917. The lowest BCUT2D eigenvalue weighted by Crippen LogP contribution is -2.45. The summed E-state index contributed by atoms with van der Waals surface area (Å²) >= 11 is 0. The second-order valence-corrected chi connectivity index (χ2v) is 5.19. The molecule has 1 heterocycles. The molecule has 6 heteroatoms. The summed E-state index contributed by atoms with van der Waals surface area (Å²) in [5, 5.41) is 5.49. The Bertz CT molecular complexity index is 281. The summed E-state index contributed by atoms with van der Waals surface area (Å²) in [5.41, 5.74) is 0. The molecule has 0 aromatic heterocycles. The fourth-order valence-corrected chi connectivity index (χ4v) is 2.63. The molecule has 18 heavy (non-hydrogen) atoms. The molecule has 0 bridgehead atoms. The molecule has 2 rings (SSSR count). The molecular weight excluding hydrogens is 262 g/mol. The summed E-state index contributed by atoms with van der Waals surface area (Å²) in [6.07, 6.45) is 6.27. The summed E-state index contributed by atoms with van der Waals surface area (Å²) < 4.78 is 25.9. The lowest BCUT2D eigenvalue weighted by Gasteiger charge is -2.19. The van der Waals surface area contributed by atoms with Crippen molar-refractivity contribution in [3.8, 4) is 0 Å². The van der Waals surface area contributed by atoms with E-state index in [1.54, 1.807) is 0 Å². The van der Waals surface area contributed by atoms with E-state index in [1.165, 1.54) is 12.8 Å². The number of alkyl halides is 2. The van der Waals surface area contributed by atoms with Gasteiger partial charge in [0.1, 0.15) is 0 Å². The quantitative estimate of drug-likeness (QED) is 0.763. The number of hydrogen-bond acceptors (Lipinski definition) is 2. The van der Waals surface area contributed by atoms with Crippen molar-refractivity contribution in [2.24, 2.45) is 0 Å². The van der Waals surface area contributed by atoms with Gasteiger partial charge in [-0.05, 0) is 12.8 Å². The highest BCUT2D eigenvalue weighted by Crippen LogP contribution is 2.25. The SMILES string of the molecule is Cl.O=C(NC1CCCCCC1)C1CC(F)(F)CN1. The molecule has 3 nitrogen and oxygen atoms in total. The Morgan fingerprint density at radius 3 is 2.28 bits per heavy atom. The Morgan fingerprint density at radius 1 is 1.17 bits per heavy atom. The topological polar surface area (TPSA) is 41.1 Å². The molecule has 106 valence electrons. The highest BCUT2D eigenvalue weighted by atomic mass is 35.5.